The molecule has 3 atom stereocenters. The Hall–Kier alpha value is -0.360. The predicted octanol–water partition coefficient (Wildman–Crippen LogP) is 0.846. The Morgan fingerprint density at radius 1 is 1.26 bits per heavy atom. The lowest BCUT2D eigenvalue weighted by Crippen LogP contribution is -2.51. The minimum Gasteiger partial charge on any atom is -0.381 e. The van der Waals surface area contributed by atoms with Crippen LogP contribution in [-0.2, 0) is 14.3 Å². The zero-order valence-corrected chi connectivity index (χ0v) is 12.3. The van der Waals surface area contributed by atoms with Gasteiger partial charge in [-0.25, -0.2) is 0 Å². The van der Waals surface area contributed by atoms with Gasteiger partial charge in [-0.3, -0.25) is 4.79 Å². The van der Waals surface area contributed by atoms with Crippen molar-refractivity contribution in [2.24, 2.45) is 11.7 Å². The number of carbonyl (C=O) groups is 1. The Labute approximate surface area is 121 Å². The Kier molecular flexibility index (Phi) is 7.07. The second kappa shape index (κ2) is 8.04. The molecular weight excluding hydrogens is 268 g/mol. The topological polar surface area (TPSA) is 73.6 Å². The van der Waals surface area contributed by atoms with E-state index in [1.807, 2.05) is 6.92 Å². The van der Waals surface area contributed by atoms with Crippen LogP contribution in [0.4, 0.5) is 0 Å². The van der Waals surface area contributed by atoms with Crippen molar-refractivity contribution in [2.45, 2.75) is 50.8 Å². The van der Waals surface area contributed by atoms with Crippen LogP contribution in [0, 0.1) is 5.92 Å². The van der Waals surface area contributed by atoms with Crippen LogP contribution in [-0.4, -0.2) is 43.9 Å². The van der Waals surface area contributed by atoms with E-state index in [4.69, 9.17) is 15.2 Å². The largest absolute Gasteiger partial charge is 0.381 e. The van der Waals surface area contributed by atoms with E-state index in [-0.39, 0.29) is 36.4 Å². The SMILES string of the molecule is CC(NC(=O)C(N)C1CCOCC1)C1CCCO1.Cl. The Morgan fingerprint density at radius 2 is 1.95 bits per heavy atom. The summed E-state index contributed by atoms with van der Waals surface area (Å²) in [6, 6.07) is -0.372. The number of hydrogen-bond acceptors (Lipinski definition) is 4. The normalized spacial score (nSPS) is 27.4. The van der Waals surface area contributed by atoms with Crippen LogP contribution in [0.15, 0.2) is 0 Å². The molecule has 0 aliphatic carbocycles. The minimum absolute atomic E-state index is 0. The molecule has 6 heteroatoms. The van der Waals surface area contributed by atoms with E-state index in [1.54, 1.807) is 0 Å². The first-order valence-electron chi connectivity index (χ1n) is 6.94. The second-order valence-corrected chi connectivity index (χ2v) is 5.32. The van der Waals surface area contributed by atoms with Gasteiger partial charge in [0.25, 0.3) is 0 Å². The van der Waals surface area contributed by atoms with Crippen LogP contribution in [0.25, 0.3) is 0 Å². The molecule has 3 unspecified atom stereocenters. The molecule has 0 spiro atoms. The highest BCUT2D eigenvalue weighted by molar-refractivity contribution is 5.85. The number of nitrogens with two attached hydrogens (primary N) is 1. The molecule has 0 aromatic heterocycles. The lowest BCUT2D eigenvalue weighted by atomic mass is 9.91. The number of amides is 1. The van der Waals surface area contributed by atoms with E-state index in [2.05, 4.69) is 5.32 Å². The van der Waals surface area contributed by atoms with Crippen molar-refractivity contribution in [3.8, 4) is 0 Å². The molecule has 0 radical (unpaired) electrons. The van der Waals surface area contributed by atoms with Gasteiger partial charge in [-0.2, -0.15) is 0 Å². The van der Waals surface area contributed by atoms with E-state index in [1.165, 1.54) is 0 Å². The molecular formula is C13H25ClN2O3. The van der Waals surface area contributed by atoms with Crippen molar-refractivity contribution in [1.29, 1.82) is 0 Å². The molecule has 2 fully saturated rings. The van der Waals surface area contributed by atoms with E-state index >= 15 is 0 Å². The molecule has 5 nitrogen and oxygen atoms in total. The summed E-state index contributed by atoms with van der Waals surface area (Å²) in [5, 5.41) is 2.99. The van der Waals surface area contributed by atoms with Gasteiger partial charge in [0, 0.05) is 19.8 Å². The average molecular weight is 293 g/mol. The molecule has 2 heterocycles. The number of halogens is 1. The van der Waals surface area contributed by atoms with Crippen LogP contribution >= 0.6 is 12.4 Å². The molecule has 19 heavy (non-hydrogen) atoms. The molecule has 2 aliphatic rings. The first-order chi connectivity index (χ1) is 8.68. The quantitative estimate of drug-likeness (QED) is 0.805. The third kappa shape index (κ3) is 4.60. The highest BCUT2D eigenvalue weighted by Crippen LogP contribution is 2.19. The summed E-state index contributed by atoms with van der Waals surface area (Å²) in [5.74, 6) is 0.195. The van der Waals surface area contributed by atoms with Gasteiger partial charge in [0.2, 0.25) is 5.91 Å². The average Bonchev–Trinajstić information content (AvgIpc) is 2.92. The smallest absolute Gasteiger partial charge is 0.237 e. The standard InChI is InChI=1S/C13H24N2O3.ClH/c1-9(11-3-2-6-18-11)15-13(16)12(14)10-4-7-17-8-5-10;/h9-12H,2-8,14H2,1H3,(H,15,16);1H. The number of nitrogens with one attached hydrogen (secondary N) is 1. The van der Waals surface area contributed by atoms with Crippen LogP contribution in [0.2, 0.25) is 0 Å². The van der Waals surface area contributed by atoms with Crippen molar-refractivity contribution in [3.05, 3.63) is 0 Å². The van der Waals surface area contributed by atoms with E-state index in [0.29, 0.717) is 13.2 Å². The summed E-state index contributed by atoms with van der Waals surface area (Å²) in [6.07, 6.45) is 4.01. The van der Waals surface area contributed by atoms with Gasteiger partial charge in [0.15, 0.2) is 0 Å². The van der Waals surface area contributed by atoms with Crippen LogP contribution in [0.3, 0.4) is 0 Å². The number of rotatable bonds is 4. The lowest BCUT2D eigenvalue weighted by molar-refractivity contribution is -0.125. The van der Waals surface area contributed by atoms with Gasteiger partial charge >= 0.3 is 0 Å². The maximum atomic E-state index is 12.1. The van der Waals surface area contributed by atoms with E-state index in [0.717, 1.165) is 32.3 Å². The first kappa shape index (κ1) is 16.7. The van der Waals surface area contributed by atoms with Crippen molar-refractivity contribution in [2.75, 3.05) is 19.8 Å². The number of hydrogen-bond donors (Lipinski definition) is 2. The van der Waals surface area contributed by atoms with Gasteiger partial charge in [-0.15, -0.1) is 12.4 Å². The Bertz CT molecular complexity index is 279. The van der Waals surface area contributed by atoms with Gasteiger partial charge in [-0.05, 0) is 38.5 Å². The summed E-state index contributed by atoms with van der Waals surface area (Å²) in [4.78, 5) is 12.1. The molecule has 2 aliphatic heterocycles. The Balaban J connectivity index is 0.00000180. The van der Waals surface area contributed by atoms with Gasteiger partial charge in [0.1, 0.15) is 0 Å². The minimum atomic E-state index is -0.419. The molecule has 1 amide bonds. The first-order valence-corrected chi connectivity index (χ1v) is 6.94. The fourth-order valence-electron chi connectivity index (χ4n) is 2.70. The van der Waals surface area contributed by atoms with Crippen LogP contribution in [0.5, 0.6) is 0 Å². The fraction of sp³-hybridized carbons (Fsp3) is 0.923. The highest BCUT2D eigenvalue weighted by Gasteiger charge is 2.29. The molecule has 0 aromatic carbocycles. The van der Waals surface area contributed by atoms with E-state index in [9.17, 15) is 4.79 Å². The highest BCUT2D eigenvalue weighted by atomic mass is 35.5. The van der Waals surface area contributed by atoms with Gasteiger partial charge in [0.05, 0.1) is 18.2 Å². The second-order valence-electron chi connectivity index (χ2n) is 5.32. The van der Waals surface area contributed by atoms with Crippen molar-refractivity contribution in [1.82, 2.24) is 5.32 Å². The summed E-state index contributed by atoms with van der Waals surface area (Å²) in [6.45, 7) is 4.22. The summed E-state index contributed by atoms with van der Waals surface area (Å²) < 4.78 is 10.9. The molecule has 0 bridgehead atoms. The summed E-state index contributed by atoms with van der Waals surface area (Å²) in [7, 11) is 0. The van der Waals surface area contributed by atoms with Crippen LogP contribution in [0.1, 0.15) is 32.6 Å². The third-order valence-electron chi connectivity index (χ3n) is 3.97. The molecule has 112 valence electrons. The van der Waals surface area contributed by atoms with Gasteiger partial charge in [-0.1, -0.05) is 0 Å². The summed E-state index contributed by atoms with van der Waals surface area (Å²) >= 11 is 0. The predicted molar refractivity (Wildman–Crippen MR) is 75.3 cm³/mol. The molecule has 3 N–H and O–H groups in total. The van der Waals surface area contributed by atoms with E-state index < -0.39 is 6.04 Å². The molecule has 2 rings (SSSR count). The summed E-state index contributed by atoms with van der Waals surface area (Å²) in [5.41, 5.74) is 6.03. The zero-order chi connectivity index (χ0) is 13.0. The number of ether oxygens (including phenoxy) is 2. The molecule has 0 aromatic rings. The maximum Gasteiger partial charge on any atom is 0.237 e. The monoisotopic (exact) mass is 292 g/mol. The fourth-order valence-corrected chi connectivity index (χ4v) is 2.70. The van der Waals surface area contributed by atoms with Crippen molar-refractivity contribution >= 4 is 18.3 Å². The lowest BCUT2D eigenvalue weighted by Gasteiger charge is -2.28. The molecule has 0 saturated carbocycles. The van der Waals surface area contributed by atoms with Crippen molar-refractivity contribution in [3.63, 3.8) is 0 Å². The van der Waals surface area contributed by atoms with Crippen LogP contribution < -0.4 is 11.1 Å². The molecule has 2 saturated heterocycles. The zero-order valence-electron chi connectivity index (χ0n) is 11.5. The maximum absolute atomic E-state index is 12.1. The number of carbonyl (C=O) groups excluding carboxylic acids is 1. The van der Waals surface area contributed by atoms with Crippen molar-refractivity contribution < 1.29 is 14.3 Å². The third-order valence-corrected chi connectivity index (χ3v) is 3.97. The Morgan fingerprint density at radius 3 is 2.53 bits per heavy atom. The van der Waals surface area contributed by atoms with Gasteiger partial charge < -0.3 is 20.5 Å².